The van der Waals surface area contributed by atoms with Gasteiger partial charge in [0.2, 0.25) is 0 Å². The fraction of sp³-hybridized carbons (Fsp3) is 0.333. The summed E-state index contributed by atoms with van der Waals surface area (Å²) in [5.74, 6) is 3.98. The number of para-hydroxylation sites is 1. The lowest BCUT2D eigenvalue weighted by Crippen LogP contribution is -2.44. The molecule has 0 bridgehead atoms. The average molecular weight is 399 g/mol. The van der Waals surface area contributed by atoms with E-state index in [-0.39, 0.29) is 18.1 Å². The molecule has 1 aliphatic rings. The predicted octanol–water partition coefficient (Wildman–Crippen LogP) is 2.19. The summed E-state index contributed by atoms with van der Waals surface area (Å²) >= 11 is 0. The minimum absolute atomic E-state index is 0.0611. The van der Waals surface area contributed by atoms with Crippen molar-refractivity contribution in [3.63, 3.8) is 0 Å². The van der Waals surface area contributed by atoms with Gasteiger partial charge < -0.3 is 9.80 Å². The Labute approximate surface area is 169 Å². The van der Waals surface area contributed by atoms with Crippen LogP contribution < -0.4 is 16.2 Å². The van der Waals surface area contributed by atoms with Gasteiger partial charge in [-0.05, 0) is 44.3 Å². The van der Waals surface area contributed by atoms with Gasteiger partial charge in [0.05, 0.1) is 6.54 Å². The van der Waals surface area contributed by atoms with Crippen LogP contribution in [0.1, 0.15) is 22.3 Å². The maximum absolute atomic E-state index is 14.7. The number of rotatable bonds is 4. The van der Waals surface area contributed by atoms with E-state index < -0.39 is 11.7 Å². The Morgan fingerprint density at radius 2 is 1.86 bits per heavy atom. The monoisotopic (exact) mass is 399 g/mol. The first-order valence-electron chi connectivity index (χ1n) is 9.59. The van der Waals surface area contributed by atoms with Crippen molar-refractivity contribution >= 4 is 17.6 Å². The van der Waals surface area contributed by atoms with Gasteiger partial charge in [-0.25, -0.2) is 15.0 Å². The molecule has 0 atom stereocenters. The highest BCUT2D eigenvalue weighted by molar-refractivity contribution is 5.94. The van der Waals surface area contributed by atoms with E-state index in [0.717, 1.165) is 25.6 Å². The summed E-state index contributed by atoms with van der Waals surface area (Å²) in [6.07, 6.45) is 0.891. The van der Waals surface area contributed by atoms with Crippen molar-refractivity contribution < 1.29 is 14.0 Å². The molecule has 0 radical (unpaired) electrons. The maximum Gasteiger partial charge on any atom is 0.324 e. The lowest BCUT2D eigenvalue weighted by atomic mass is 10.1. The lowest BCUT2D eigenvalue weighted by Gasteiger charge is -2.30. The first-order chi connectivity index (χ1) is 14.0. The number of nitrogens with two attached hydrogens (primary N) is 1. The van der Waals surface area contributed by atoms with Crippen molar-refractivity contribution in [1.29, 1.82) is 0 Å². The Bertz CT molecular complexity index is 861. The molecule has 0 unspecified atom stereocenters. The second-order valence-electron chi connectivity index (χ2n) is 7.13. The first-order valence-corrected chi connectivity index (χ1v) is 9.59. The zero-order chi connectivity index (χ0) is 20.8. The molecule has 0 aromatic heterocycles. The van der Waals surface area contributed by atoms with Crippen LogP contribution in [0, 0.1) is 5.82 Å². The number of nitrogen functional groups attached to an aromatic ring is 1. The summed E-state index contributed by atoms with van der Waals surface area (Å²) in [5, 5.41) is 0. The third-order valence-electron chi connectivity index (χ3n) is 5.06. The molecule has 0 aliphatic carbocycles. The van der Waals surface area contributed by atoms with E-state index in [1.54, 1.807) is 4.90 Å². The van der Waals surface area contributed by atoms with Crippen LogP contribution in [-0.4, -0.2) is 55.0 Å². The minimum atomic E-state index is -0.569. The van der Waals surface area contributed by atoms with E-state index in [4.69, 9.17) is 5.84 Å². The number of hydrogen-bond donors (Lipinski definition) is 2. The van der Waals surface area contributed by atoms with Crippen molar-refractivity contribution in [2.75, 3.05) is 38.1 Å². The smallest absolute Gasteiger partial charge is 0.323 e. The second-order valence-corrected chi connectivity index (χ2v) is 7.13. The van der Waals surface area contributed by atoms with Crippen LogP contribution in [0.4, 0.5) is 14.9 Å². The third-order valence-corrected chi connectivity index (χ3v) is 5.06. The molecule has 1 heterocycles. The number of nitrogens with one attached hydrogen (secondary N) is 1. The number of carbonyl (C=O) groups is 2. The molecule has 2 aromatic rings. The van der Waals surface area contributed by atoms with Crippen molar-refractivity contribution in [2.45, 2.75) is 13.0 Å². The Hall–Kier alpha value is -2.97. The topological polar surface area (TPSA) is 81.9 Å². The van der Waals surface area contributed by atoms with Crippen molar-refractivity contribution in [3.05, 3.63) is 65.5 Å². The van der Waals surface area contributed by atoms with E-state index in [1.807, 2.05) is 47.7 Å². The number of anilines is 1. The average Bonchev–Trinajstić information content (AvgIpc) is 2.97. The van der Waals surface area contributed by atoms with Gasteiger partial charge in [0, 0.05) is 36.4 Å². The molecule has 8 heteroatoms. The van der Waals surface area contributed by atoms with E-state index in [9.17, 15) is 14.0 Å². The molecule has 29 heavy (non-hydrogen) atoms. The molecule has 3 amide bonds. The van der Waals surface area contributed by atoms with Crippen LogP contribution in [0.15, 0.2) is 48.5 Å². The number of hydrogen-bond acceptors (Lipinski definition) is 4. The summed E-state index contributed by atoms with van der Waals surface area (Å²) in [7, 11) is 2.04. The summed E-state index contributed by atoms with van der Waals surface area (Å²) in [5.41, 5.74) is 3.13. The molecule has 7 nitrogen and oxygen atoms in total. The summed E-state index contributed by atoms with van der Waals surface area (Å²) in [4.78, 5) is 30.5. The van der Waals surface area contributed by atoms with Crippen molar-refractivity contribution in [3.8, 4) is 0 Å². The molecule has 1 saturated heterocycles. The largest absolute Gasteiger partial charge is 0.324 e. The van der Waals surface area contributed by atoms with Gasteiger partial charge in [-0.15, -0.1) is 0 Å². The number of urea groups is 1. The van der Waals surface area contributed by atoms with E-state index in [2.05, 4.69) is 4.90 Å². The Kier molecular flexibility index (Phi) is 6.79. The van der Waals surface area contributed by atoms with Gasteiger partial charge in [0.25, 0.3) is 5.91 Å². The number of halogens is 1. The quantitative estimate of drug-likeness (QED) is 0.469. The molecule has 2 aromatic carbocycles. The van der Waals surface area contributed by atoms with Crippen LogP contribution in [0.3, 0.4) is 0 Å². The second kappa shape index (κ2) is 9.49. The number of likely N-dealkylation sites (N-methyl/N-ethyl adjacent to an activating group) is 1. The van der Waals surface area contributed by atoms with Crippen LogP contribution in [0.2, 0.25) is 0 Å². The van der Waals surface area contributed by atoms with Crippen molar-refractivity contribution in [1.82, 2.24) is 15.2 Å². The summed E-state index contributed by atoms with van der Waals surface area (Å²) in [6.45, 7) is 3.08. The molecular weight excluding hydrogens is 373 g/mol. The number of benzene rings is 2. The number of carbonyl (C=O) groups excluding carboxylic acids is 2. The van der Waals surface area contributed by atoms with Crippen LogP contribution in [0.5, 0.6) is 0 Å². The molecule has 0 saturated carbocycles. The molecular formula is C21H26FN5O2. The Morgan fingerprint density at radius 1 is 1.10 bits per heavy atom. The Balaban J connectivity index is 1.87. The van der Waals surface area contributed by atoms with E-state index in [0.29, 0.717) is 24.3 Å². The molecule has 3 N–H and O–H groups in total. The fourth-order valence-corrected chi connectivity index (χ4v) is 3.36. The number of amides is 3. The molecule has 3 rings (SSSR count). The molecule has 1 fully saturated rings. The highest BCUT2D eigenvalue weighted by atomic mass is 19.1. The minimum Gasteiger partial charge on any atom is -0.323 e. The van der Waals surface area contributed by atoms with Crippen LogP contribution in [-0.2, 0) is 6.54 Å². The van der Waals surface area contributed by atoms with Gasteiger partial charge in [0.15, 0.2) is 0 Å². The molecule has 1 aliphatic heterocycles. The molecule has 0 spiro atoms. The van der Waals surface area contributed by atoms with Gasteiger partial charge >= 0.3 is 6.03 Å². The van der Waals surface area contributed by atoms with E-state index in [1.165, 1.54) is 12.1 Å². The molecule has 154 valence electrons. The van der Waals surface area contributed by atoms with Gasteiger partial charge in [-0.3, -0.25) is 15.1 Å². The highest BCUT2D eigenvalue weighted by Crippen LogP contribution is 2.21. The standard InChI is InChI=1S/C21H26FN5O2/c1-25-10-5-11-26(13-12-25)21(29)27(18-6-3-2-4-7-18)15-17-9-8-16(14-19(17)22)20(28)24-23/h2-4,6-9,14H,5,10-13,15,23H2,1H3,(H,24,28). The number of hydrazine groups is 1. The summed E-state index contributed by atoms with van der Waals surface area (Å²) < 4.78 is 14.7. The fourth-order valence-electron chi connectivity index (χ4n) is 3.36. The maximum atomic E-state index is 14.7. The van der Waals surface area contributed by atoms with Crippen molar-refractivity contribution in [2.24, 2.45) is 5.84 Å². The van der Waals surface area contributed by atoms with Gasteiger partial charge in [-0.1, -0.05) is 24.3 Å². The Morgan fingerprint density at radius 3 is 2.55 bits per heavy atom. The zero-order valence-corrected chi connectivity index (χ0v) is 16.5. The highest BCUT2D eigenvalue weighted by Gasteiger charge is 2.25. The normalized spacial score (nSPS) is 14.9. The third kappa shape index (κ3) is 5.10. The predicted molar refractivity (Wildman–Crippen MR) is 110 cm³/mol. The zero-order valence-electron chi connectivity index (χ0n) is 16.5. The van der Waals surface area contributed by atoms with Crippen LogP contribution in [0.25, 0.3) is 0 Å². The van der Waals surface area contributed by atoms with Crippen LogP contribution >= 0.6 is 0 Å². The first kappa shape index (κ1) is 20.8. The summed E-state index contributed by atoms with van der Waals surface area (Å²) in [6, 6.07) is 13.2. The van der Waals surface area contributed by atoms with Gasteiger partial charge in [-0.2, -0.15) is 0 Å². The van der Waals surface area contributed by atoms with Gasteiger partial charge in [0.1, 0.15) is 5.82 Å². The SMILES string of the molecule is CN1CCCN(C(=O)N(Cc2ccc(C(=O)NN)cc2F)c2ccccc2)CC1. The lowest BCUT2D eigenvalue weighted by molar-refractivity contribution is 0.0953. The van der Waals surface area contributed by atoms with E-state index >= 15 is 0 Å². The number of nitrogens with zero attached hydrogens (tertiary/aromatic N) is 3.